The molecule has 0 aromatic heterocycles. The topological polar surface area (TPSA) is 172 Å². The Hall–Kier alpha value is -2.54. The predicted octanol–water partition coefficient (Wildman–Crippen LogP) is -0.374. The number of aliphatic carboxylic acids is 1. The number of ether oxygens (including phenoxy) is 4. The number of fused-ring (bicyclic) bond motifs is 1. The van der Waals surface area contributed by atoms with Crippen molar-refractivity contribution in [2.24, 2.45) is 17.8 Å². The van der Waals surface area contributed by atoms with Gasteiger partial charge in [-0.15, -0.1) is 0 Å². The van der Waals surface area contributed by atoms with Gasteiger partial charge in [0.05, 0.1) is 24.0 Å². The molecule has 11 heteroatoms. The van der Waals surface area contributed by atoms with Crippen LogP contribution >= 0.6 is 0 Å². The lowest BCUT2D eigenvalue weighted by Gasteiger charge is -2.43. The Labute approximate surface area is 195 Å². The normalized spacial score (nSPS) is 39.5. The summed E-state index contributed by atoms with van der Waals surface area (Å²) < 4.78 is 22.4. The molecule has 2 aliphatic heterocycles. The van der Waals surface area contributed by atoms with Crippen molar-refractivity contribution in [3.8, 4) is 0 Å². The number of hydrogen-bond acceptors (Lipinski definition) is 10. The van der Waals surface area contributed by atoms with Gasteiger partial charge < -0.3 is 44.5 Å². The van der Waals surface area contributed by atoms with Crippen molar-refractivity contribution < 1.29 is 54.1 Å². The van der Waals surface area contributed by atoms with Crippen LogP contribution in [-0.2, 0) is 23.7 Å². The Balaban J connectivity index is 1.53. The summed E-state index contributed by atoms with van der Waals surface area (Å²) in [5.74, 6) is -3.27. The highest BCUT2D eigenvalue weighted by Gasteiger charge is 2.54. The molecule has 0 spiro atoms. The van der Waals surface area contributed by atoms with Crippen molar-refractivity contribution in [2.45, 2.75) is 56.4 Å². The molecular weight excluding hydrogens is 452 g/mol. The zero-order valence-corrected chi connectivity index (χ0v) is 18.3. The third kappa shape index (κ3) is 4.54. The number of hydrogen-bond donors (Lipinski definition) is 5. The molecule has 10 unspecified atom stereocenters. The van der Waals surface area contributed by atoms with Gasteiger partial charge in [-0.1, -0.05) is 25.1 Å². The predicted molar refractivity (Wildman–Crippen MR) is 112 cm³/mol. The van der Waals surface area contributed by atoms with E-state index in [2.05, 4.69) is 0 Å². The van der Waals surface area contributed by atoms with Crippen LogP contribution in [0.1, 0.15) is 23.7 Å². The van der Waals surface area contributed by atoms with Gasteiger partial charge >= 0.3 is 11.9 Å². The highest BCUT2D eigenvalue weighted by Crippen LogP contribution is 2.48. The monoisotopic (exact) mass is 480 g/mol. The first kappa shape index (κ1) is 24.6. The second-order valence-electron chi connectivity index (χ2n) is 8.80. The Bertz CT molecular complexity index is 917. The lowest BCUT2D eigenvalue weighted by Crippen LogP contribution is -2.60. The highest BCUT2D eigenvalue weighted by atomic mass is 16.8. The number of carbonyl (C=O) groups is 2. The van der Waals surface area contributed by atoms with Gasteiger partial charge in [-0.3, -0.25) is 0 Å². The number of benzene rings is 1. The quantitative estimate of drug-likeness (QED) is 0.336. The van der Waals surface area contributed by atoms with Gasteiger partial charge in [0.1, 0.15) is 30.5 Å². The van der Waals surface area contributed by atoms with E-state index in [4.69, 9.17) is 18.9 Å². The maximum Gasteiger partial charge on any atom is 0.338 e. The fraction of sp³-hybridized carbons (Fsp3) is 0.565. The minimum absolute atomic E-state index is 0.00348. The van der Waals surface area contributed by atoms with Gasteiger partial charge in [-0.05, 0) is 18.6 Å². The van der Waals surface area contributed by atoms with E-state index in [0.717, 1.165) is 6.26 Å². The number of carbonyl (C=O) groups excluding carboxylic acids is 1. The summed E-state index contributed by atoms with van der Waals surface area (Å²) >= 11 is 0. The average molecular weight is 480 g/mol. The van der Waals surface area contributed by atoms with Crippen LogP contribution in [0.5, 0.6) is 0 Å². The van der Waals surface area contributed by atoms with Gasteiger partial charge in [-0.2, -0.15) is 0 Å². The molecule has 0 amide bonds. The molecule has 1 saturated heterocycles. The summed E-state index contributed by atoms with van der Waals surface area (Å²) in [5, 5.41) is 49.4. The Kier molecular flexibility index (Phi) is 7.22. The molecule has 11 nitrogen and oxygen atoms in total. The molecule has 186 valence electrons. The van der Waals surface area contributed by atoms with Crippen LogP contribution in [0.25, 0.3) is 0 Å². The lowest BCUT2D eigenvalue weighted by molar-refractivity contribution is -0.342. The Morgan fingerprint density at radius 1 is 1.06 bits per heavy atom. The number of esters is 1. The lowest BCUT2D eigenvalue weighted by atomic mass is 9.83. The van der Waals surface area contributed by atoms with Gasteiger partial charge in [-0.25, -0.2) is 9.59 Å². The van der Waals surface area contributed by atoms with E-state index >= 15 is 0 Å². The van der Waals surface area contributed by atoms with E-state index in [1.165, 1.54) is 0 Å². The second-order valence-corrected chi connectivity index (χ2v) is 8.80. The van der Waals surface area contributed by atoms with E-state index < -0.39 is 79.4 Å². The summed E-state index contributed by atoms with van der Waals surface area (Å²) in [5.41, 5.74) is 0.368. The molecule has 3 aliphatic rings. The molecule has 0 bridgehead atoms. The zero-order valence-electron chi connectivity index (χ0n) is 18.3. The molecule has 2 heterocycles. The van der Waals surface area contributed by atoms with Crippen LogP contribution in [-0.4, -0.2) is 87.2 Å². The second kappa shape index (κ2) is 9.98. The van der Waals surface area contributed by atoms with Crippen LogP contribution < -0.4 is 0 Å². The first-order valence-corrected chi connectivity index (χ1v) is 11.0. The molecule has 4 rings (SSSR count). The summed E-state index contributed by atoms with van der Waals surface area (Å²) in [4.78, 5) is 24.4. The standard InChI is InChI=1S/C23H28O11/c1-10-14(32-21(30)11-5-3-2-4-6-11)7-12-13(20(28)29)9-31-22(16(10)12)34-23-19(27)18(26)17(25)15(8-24)33-23/h2-6,9-10,12,14-19,22-27H,7-8H2,1H3,(H,28,29). The number of carboxylic acid groups (broad SMARTS) is 1. The van der Waals surface area contributed by atoms with Crippen LogP contribution in [0.3, 0.4) is 0 Å². The smallest absolute Gasteiger partial charge is 0.338 e. The molecule has 1 saturated carbocycles. The van der Waals surface area contributed by atoms with Gasteiger partial charge in [0.25, 0.3) is 0 Å². The SMILES string of the molecule is CC1C(OC(=O)c2ccccc2)CC2C(C(=O)O)=COC(OC3OC(CO)C(O)C(O)C3O)C21. The number of rotatable bonds is 6. The van der Waals surface area contributed by atoms with Gasteiger partial charge in [0, 0.05) is 17.8 Å². The molecule has 0 radical (unpaired) electrons. The molecule has 1 aromatic rings. The van der Waals surface area contributed by atoms with Crippen molar-refractivity contribution in [1.82, 2.24) is 0 Å². The summed E-state index contributed by atoms with van der Waals surface area (Å²) in [6.07, 6.45) is -7.92. The molecular formula is C23H28O11. The van der Waals surface area contributed by atoms with E-state index in [0.29, 0.717) is 5.56 Å². The minimum atomic E-state index is -1.65. The fourth-order valence-corrected chi connectivity index (χ4v) is 4.91. The maximum atomic E-state index is 12.6. The molecule has 2 fully saturated rings. The summed E-state index contributed by atoms with van der Waals surface area (Å²) in [6.45, 7) is 1.16. The number of carboxylic acids is 1. The van der Waals surface area contributed by atoms with Crippen LogP contribution in [0.15, 0.2) is 42.2 Å². The van der Waals surface area contributed by atoms with E-state index in [-0.39, 0.29) is 12.0 Å². The number of aliphatic hydroxyl groups excluding tert-OH is 4. The van der Waals surface area contributed by atoms with Crippen LogP contribution in [0.4, 0.5) is 0 Å². The number of aliphatic hydroxyl groups is 4. The minimum Gasteiger partial charge on any atom is -0.478 e. The van der Waals surface area contributed by atoms with Crippen molar-refractivity contribution >= 4 is 11.9 Å². The van der Waals surface area contributed by atoms with Crippen LogP contribution in [0.2, 0.25) is 0 Å². The van der Waals surface area contributed by atoms with Crippen molar-refractivity contribution in [2.75, 3.05) is 6.61 Å². The summed E-state index contributed by atoms with van der Waals surface area (Å²) in [6, 6.07) is 8.42. The first-order valence-electron chi connectivity index (χ1n) is 11.0. The van der Waals surface area contributed by atoms with Crippen molar-refractivity contribution in [3.05, 3.63) is 47.7 Å². The Morgan fingerprint density at radius 3 is 2.41 bits per heavy atom. The highest BCUT2D eigenvalue weighted by molar-refractivity contribution is 5.89. The third-order valence-corrected chi connectivity index (χ3v) is 6.82. The molecule has 1 aromatic carbocycles. The van der Waals surface area contributed by atoms with Crippen molar-refractivity contribution in [3.63, 3.8) is 0 Å². The van der Waals surface area contributed by atoms with E-state index in [1.54, 1.807) is 37.3 Å². The van der Waals surface area contributed by atoms with Crippen LogP contribution in [0, 0.1) is 17.8 Å². The molecule has 34 heavy (non-hydrogen) atoms. The fourth-order valence-electron chi connectivity index (χ4n) is 4.91. The maximum absolute atomic E-state index is 12.6. The largest absolute Gasteiger partial charge is 0.478 e. The summed E-state index contributed by atoms with van der Waals surface area (Å²) in [7, 11) is 0. The Morgan fingerprint density at radius 2 is 1.76 bits per heavy atom. The first-order chi connectivity index (χ1) is 16.2. The third-order valence-electron chi connectivity index (χ3n) is 6.82. The molecule has 5 N–H and O–H groups in total. The van der Waals surface area contributed by atoms with E-state index in [9.17, 15) is 35.1 Å². The van der Waals surface area contributed by atoms with Gasteiger partial charge in [0.15, 0.2) is 6.29 Å². The average Bonchev–Trinajstić information content (AvgIpc) is 3.15. The molecule has 1 aliphatic carbocycles. The van der Waals surface area contributed by atoms with Crippen molar-refractivity contribution in [1.29, 1.82) is 0 Å². The van der Waals surface area contributed by atoms with E-state index in [1.807, 2.05) is 0 Å². The molecule has 10 atom stereocenters. The zero-order chi connectivity index (χ0) is 24.6. The van der Waals surface area contributed by atoms with Gasteiger partial charge in [0.2, 0.25) is 6.29 Å².